The Bertz CT molecular complexity index is 772. The lowest BCUT2D eigenvalue weighted by Crippen LogP contribution is -2.50. The maximum atomic E-state index is 12.8. The molecule has 1 aromatic heterocycles. The summed E-state index contributed by atoms with van der Waals surface area (Å²) in [5.41, 5.74) is 0.904. The number of aromatic nitrogens is 2. The third-order valence-corrected chi connectivity index (χ3v) is 5.64. The fraction of sp³-hybridized carbons (Fsp3) is 0.571. The van der Waals surface area contributed by atoms with E-state index in [9.17, 15) is 4.79 Å². The Morgan fingerprint density at radius 2 is 2.15 bits per heavy atom. The lowest BCUT2D eigenvalue weighted by atomic mass is 9.75. The van der Waals surface area contributed by atoms with Gasteiger partial charge in [-0.25, -0.2) is 0 Å². The topological polar surface area (TPSA) is 68.5 Å². The Kier molecular flexibility index (Phi) is 5.25. The predicted octanol–water partition coefficient (Wildman–Crippen LogP) is 3.26. The lowest BCUT2D eigenvalue weighted by Gasteiger charge is -2.41. The van der Waals surface area contributed by atoms with Crippen molar-refractivity contribution in [2.75, 3.05) is 19.7 Å². The van der Waals surface area contributed by atoms with E-state index in [1.807, 2.05) is 42.2 Å². The summed E-state index contributed by atoms with van der Waals surface area (Å²) in [5, 5.41) is 4.23. The minimum Gasteiger partial charge on any atom is -0.367 e. The van der Waals surface area contributed by atoms with Gasteiger partial charge in [0.25, 0.3) is 0 Å². The van der Waals surface area contributed by atoms with E-state index in [4.69, 9.17) is 9.26 Å². The van der Waals surface area contributed by atoms with Gasteiger partial charge in [-0.1, -0.05) is 48.3 Å². The average molecular weight is 369 g/mol. The van der Waals surface area contributed by atoms with Crippen LogP contribution in [0.4, 0.5) is 0 Å². The first kappa shape index (κ1) is 18.2. The third-order valence-electron chi connectivity index (χ3n) is 5.64. The van der Waals surface area contributed by atoms with Crippen molar-refractivity contribution in [3.8, 4) is 0 Å². The zero-order valence-electron chi connectivity index (χ0n) is 15.9. The fourth-order valence-electron chi connectivity index (χ4n) is 4.10. The lowest BCUT2D eigenvalue weighted by molar-refractivity contribution is -0.139. The van der Waals surface area contributed by atoms with Crippen molar-refractivity contribution in [3.05, 3.63) is 47.6 Å². The molecule has 1 atom stereocenters. The number of ether oxygens (including phenoxy) is 1. The molecule has 2 aromatic rings. The SMILES string of the molecule is Cc1nc(C2(CC3CC3)CCCN(C(=O)COCc3ccccc3)C2)no1. The molecule has 6 heteroatoms. The highest BCUT2D eigenvalue weighted by Crippen LogP contribution is 2.45. The van der Waals surface area contributed by atoms with E-state index in [0.717, 1.165) is 43.1 Å². The zero-order valence-corrected chi connectivity index (χ0v) is 15.9. The van der Waals surface area contributed by atoms with Crippen LogP contribution in [0.2, 0.25) is 0 Å². The van der Waals surface area contributed by atoms with Crippen LogP contribution in [-0.4, -0.2) is 40.6 Å². The number of benzene rings is 1. The molecule has 0 bridgehead atoms. The van der Waals surface area contributed by atoms with Gasteiger partial charge in [0.15, 0.2) is 5.82 Å². The summed E-state index contributed by atoms with van der Waals surface area (Å²) < 4.78 is 10.9. The van der Waals surface area contributed by atoms with E-state index in [-0.39, 0.29) is 17.9 Å². The largest absolute Gasteiger partial charge is 0.367 e. The van der Waals surface area contributed by atoms with Gasteiger partial charge in [0.2, 0.25) is 11.8 Å². The first-order valence-corrected chi connectivity index (χ1v) is 9.85. The van der Waals surface area contributed by atoms with Gasteiger partial charge in [0.1, 0.15) is 6.61 Å². The Morgan fingerprint density at radius 1 is 1.33 bits per heavy atom. The molecule has 2 heterocycles. The second kappa shape index (κ2) is 7.80. The molecule has 1 aliphatic heterocycles. The molecule has 6 nitrogen and oxygen atoms in total. The summed E-state index contributed by atoms with van der Waals surface area (Å²) in [6.45, 7) is 3.83. The first-order valence-electron chi connectivity index (χ1n) is 9.85. The quantitative estimate of drug-likeness (QED) is 0.749. The highest BCUT2D eigenvalue weighted by atomic mass is 16.5. The van der Waals surface area contributed by atoms with Gasteiger partial charge >= 0.3 is 0 Å². The summed E-state index contributed by atoms with van der Waals surface area (Å²) in [4.78, 5) is 19.2. The minimum absolute atomic E-state index is 0.0472. The smallest absolute Gasteiger partial charge is 0.248 e. The van der Waals surface area contributed by atoms with Gasteiger partial charge in [-0.15, -0.1) is 0 Å². The molecular formula is C21H27N3O3. The van der Waals surface area contributed by atoms with Crippen molar-refractivity contribution in [1.29, 1.82) is 0 Å². The molecule has 1 aromatic carbocycles. The van der Waals surface area contributed by atoms with Crippen LogP contribution >= 0.6 is 0 Å². The second-order valence-electron chi connectivity index (χ2n) is 7.96. The van der Waals surface area contributed by atoms with Crippen molar-refractivity contribution < 1.29 is 14.1 Å². The molecule has 1 aliphatic carbocycles. The number of rotatable bonds is 7. The molecule has 144 valence electrons. The molecule has 4 rings (SSSR count). The van der Waals surface area contributed by atoms with E-state index in [0.29, 0.717) is 19.0 Å². The molecule has 0 N–H and O–H groups in total. The van der Waals surface area contributed by atoms with Gasteiger partial charge < -0.3 is 14.2 Å². The van der Waals surface area contributed by atoms with E-state index in [1.54, 1.807) is 0 Å². The van der Waals surface area contributed by atoms with Gasteiger partial charge in [-0.3, -0.25) is 4.79 Å². The number of carbonyl (C=O) groups excluding carboxylic acids is 1. The van der Waals surface area contributed by atoms with Crippen LogP contribution in [-0.2, 0) is 21.6 Å². The molecule has 1 unspecified atom stereocenters. The van der Waals surface area contributed by atoms with Crippen molar-refractivity contribution in [1.82, 2.24) is 15.0 Å². The number of likely N-dealkylation sites (tertiary alicyclic amines) is 1. The minimum atomic E-state index is -0.174. The van der Waals surface area contributed by atoms with Crippen LogP contribution in [0.15, 0.2) is 34.9 Å². The van der Waals surface area contributed by atoms with Crippen LogP contribution in [0.5, 0.6) is 0 Å². The number of carbonyl (C=O) groups is 1. The molecule has 1 saturated heterocycles. The highest BCUT2D eigenvalue weighted by Gasteiger charge is 2.45. The van der Waals surface area contributed by atoms with Crippen LogP contribution in [0, 0.1) is 12.8 Å². The summed E-state index contributed by atoms with van der Waals surface area (Å²) in [6, 6.07) is 9.94. The molecular weight excluding hydrogens is 342 g/mol. The van der Waals surface area contributed by atoms with Crippen LogP contribution in [0.3, 0.4) is 0 Å². The standard InChI is InChI=1S/C21H27N3O3/c1-16-22-20(23-27-16)21(12-17-8-9-17)10-5-11-24(15-21)19(25)14-26-13-18-6-3-2-4-7-18/h2-4,6-7,17H,5,8-15H2,1H3. The predicted molar refractivity (Wildman–Crippen MR) is 100.0 cm³/mol. The maximum absolute atomic E-state index is 12.8. The van der Waals surface area contributed by atoms with Gasteiger partial charge in [-0.2, -0.15) is 4.98 Å². The Labute approximate surface area is 159 Å². The van der Waals surface area contributed by atoms with E-state index in [2.05, 4.69) is 10.1 Å². The summed E-state index contributed by atoms with van der Waals surface area (Å²) in [6.07, 6.45) is 5.56. The number of amides is 1. The molecule has 0 spiro atoms. The van der Waals surface area contributed by atoms with Gasteiger partial charge in [-0.05, 0) is 30.7 Å². The Hall–Kier alpha value is -2.21. The molecule has 0 radical (unpaired) electrons. The molecule has 2 aliphatic rings. The number of piperidine rings is 1. The fourth-order valence-corrected chi connectivity index (χ4v) is 4.10. The van der Waals surface area contributed by atoms with E-state index in [1.165, 1.54) is 12.8 Å². The zero-order chi connectivity index (χ0) is 18.7. The van der Waals surface area contributed by atoms with Gasteiger partial charge in [0, 0.05) is 20.0 Å². The Morgan fingerprint density at radius 3 is 2.85 bits per heavy atom. The highest BCUT2D eigenvalue weighted by molar-refractivity contribution is 5.77. The molecule has 2 fully saturated rings. The normalized spacial score (nSPS) is 22.8. The maximum Gasteiger partial charge on any atom is 0.248 e. The first-order chi connectivity index (χ1) is 13.1. The molecule has 1 saturated carbocycles. The van der Waals surface area contributed by atoms with E-state index < -0.39 is 0 Å². The van der Waals surface area contributed by atoms with Crippen molar-refractivity contribution in [2.24, 2.45) is 5.92 Å². The number of aryl methyl sites for hydroxylation is 1. The van der Waals surface area contributed by atoms with Crippen LogP contribution < -0.4 is 0 Å². The van der Waals surface area contributed by atoms with Crippen LogP contribution in [0.1, 0.15) is 49.4 Å². The molecule has 27 heavy (non-hydrogen) atoms. The van der Waals surface area contributed by atoms with Crippen molar-refractivity contribution in [3.63, 3.8) is 0 Å². The summed E-state index contributed by atoms with van der Waals surface area (Å²) in [7, 11) is 0. The summed E-state index contributed by atoms with van der Waals surface area (Å²) >= 11 is 0. The Balaban J connectivity index is 1.40. The van der Waals surface area contributed by atoms with Gasteiger partial charge in [0.05, 0.1) is 12.0 Å². The number of hydrogen-bond acceptors (Lipinski definition) is 5. The number of hydrogen-bond donors (Lipinski definition) is 0. The van der Waals surface area contributed by atoms with Crippen molar-refractivity contribution >= 4 is 5.91 Å². The third kappa shape index (κ3) is 4.38. The van der Waals surface area contributed by atoms with Crippen molar-refractivity contribution in [2.45, 2.75) is 51.0 Å². The average Bonchev–Trinajstić information content (AvgIpc) is 3.38. The van der Waals surface area contributed by atoms with Crippen LogP contribution in [0.25, 0.3) is 0 Å². The van der Waals surface area contributed by atoms with E-state index >= 15 is 0 Å². The second-order valence-corrected chi connectivity index (χ2v) is 7.96. The summed E-state index contributed by atoms with van der Waals surface area (Å²) in [5.74, 6) is 2.14. The molecule has 1 amide bonds. The monoisotopic (exact) mass is 369 g/mol. The number of nitrogens with zero attached hydrogens (tertiary/aromatic N) is 3.